The maximum absolute atomic E-state index is 12.7. The number of nitrogens with one attached hydrogen (secondary N) is 1. The van der Waals surface area contributed by atoms with Gasteiger partial charge in [-0.3, -0.25) is 9.59 Å². The average Bonchev–Trinajstić information content (AvgIpc) is 2.27. The molecule has 8 heteroatoms. The fourth-order valence-corrected chi connectivity index (χ4v) is 1.36. The zero-order valence-electron chi connectivity index (χ0n) is 9.37. The van der Waals surface area contributed by atoms with Crippen LogP contribution in [-0.4, -0.2) is 23.2 Å². The normalized spacial score (nSPS) is 12.8. The van der Waals surface area contributed by atoms with Gasteiger partial charge < -0.3 is 10.4 Å². The highest BCUT2D eigenvalue weighted by atomic mass is 19.4. The lowest BCUT2D eigenvalue weighted by molar-refractivity contribution is -0.174. The van der Waals surface area contributed by atoms with Crippen LogP contribution in [0.2, 0.25) is 0 Å². The fraction of sp³-hybridized carbons (Fsp3) is 0.273. The van der Waals surface area contributed by atoms with Gasteiger partial charge in [-0.15, -0.1) is 0 Å². The van der Waals surface area contributed by atoms with E-state index in [2.05, 4.69) is 0 Å². The summed E-state index contributed by atoms with van der Waals surface area (Å²) in [4.78, 5) is 21.4. The SMILES string of the molecule is O=C(O)C[C@@H](NC(=O)C(F)(F)F)c1ccc(F)cc1. The minimum Gasteiger partial charge on any atom is -0.481 e. The highest BCUT2D eigenvalue weighted by molar-refractivity contribution is 5.82. The van der Waals surface area contributed by atoms with Gasteiger partial charge in [0.2, 0.25) is 0 Å². The van der Waals surface area contributed by atoms with Crippen molar-refractivity contribution in [2.45, 2.75) is 18.6 Å². The lowest BCUT2D eigenvalue weighted by atomic mass is 10.0. The number of rotatable bonds is 4. The van der Waals surface area contributed by atoms with E-state index in [0.29, 0.717) is 0 Å². The first-order valence-electron chi connectivity index (χ1n) is 5.05. The van der Waals surface area contributed by atoms with E-state index in [1.165, 1.54) is 0 Å². The molecule has 1 aromatic carbocycles. The first-order chi connectivity index (χ1) is 8.70. The molecule has 0 fully saturated rings. The molecule has 0 heterocycles. The van der Waals surface area contributed by atoms with Crippen LogP contribution in [0.5, 0.6) is 0 Å². The molecule has 1 rings (SSSR count). The number of carboxylic acids is 1. The number of halogens is 4. The second kappa shape index (κ2) is 5.68. The van der Waals surface area contributed by atoms with Crippen LogP contribution in [0.1, 0.15) is 18.0 Å². The zero-order chi connectivity index (χ0) is 14.6. The van der Waals surface area contributed by atoms with Crippen LogP contribution in [0.15, 0.2) is 24.3 Å². The van der Waals surface area contributed by atoms with Gasteiger partial charge in [-0.2, -0.15) is 13.2 Å². The van der Waals surface area contributed by atoms with Crippen molar-refractivity contribution in [2.24, 2.45) is 0 Å². The molecule has 1 atom stereocenters. The van der Waals surface area contributed by atoms with Crippen molar-refractivity contribution in [2.75, 3.05) is 0 Å². The molecule has 0 saturated heterocycles. The summed E-state index contributed by atoms with van der Waals surface area (Å²) >= 11 is 0. The third kappa shape index (κ3) is 4.57. The van der Waals surface area contributed by atoms with Crippen LogP contribution in [0, 0.1) is 5.82 Å². The molecular weight excluding hydrogens is 270 g/mol. The van der Waals surface area contributed by atoms with Crippen molar-refractivity contribution in [3.8, 4) is 0 Å². The van der Waals surface area contributed by atoms with Gasteiger partial charge in [0.15, 0.2) is 0 Å². The smallest absolute Gasteiger partial charge is 0.471 e. The number of hydrogen-bond donors (Lipinski definition) is 2. The molecule has 0 aliphatic rings. The molecule has 1 amide bonds. The summed E-state index contributed by atoms with van der Waals surface area (Å²) in [6, 6.07) is 2.76. The third-order valence-corrected chi connectivity index (χ3v) is 2.21. The van der Waals surface area contributed by atoms with Crippen molar-refractivity contribution in [3.63, 3.8) is 0 Å². The maximum atomic E-state index is 12.7. The number of benzene rings is 1. The van der Waals surface area contributed by atoms with Crippen molar-refractivity contribution in [1.82, 2.24) is 5.32 Å². The van der Waals surface area contributed by atoms with Crippen LogP contribution in [0.3, 0.4) is 0 Å². The van der Waals surface area contributed by atoms with Crippen LogP contribution in [0.4, 0.5) is 17.6 Å². The first kappa shape index (κ1) is 14.9. The van der Waals surface area contributed by atoms with Gasteiger partial charge in [-0.05, 0) is 17.7 Å². The molecule has 0 aromatic heterocycles. The number of amides is 1. The minimum atomic E-state index is -5.11. The number of alkyl halides is 3. The fourth-order valence-electron chi connectivity index (χ4n) is 1.36. The summed E-state index contributed by atoms with van der Waals surface area (Å²) in [7, 11) is 0. The van der Waals surface area contributed by atoms with E-state index >= 15 is 0 Å². The van der Waals surface area contributed by atoms with E-state index in [0.717, 1.165) is 24.3 Å². The highest BCUT2D eigenvalue weighted by Gasteiger charge is 2.40. The lowest BCUT2D eigenvalue weighted by Crippen LogP contribution is -2.39. The number of carbonyl (C=O) groups excluding carboxylic acids is 1. The zero-order valence-corrected chi connectivity index (χ0v) is 9.37. The molecule has 0 unspecified atom stereocenters. The van der Waals surface area contributed by atoms with Gasteiger partial charge in [0.05, 0.1) is 12.5 Å². The Morgan fingerprint density at radius 3 is 2.16 bits per heavy atom. The molecule has 1 aromatic rings. The van der Waals surface area contributed by atoms with Gasteiger partial charge in [0.25, 0.3) is 0 Å². The molecular formula is C11H9F4NO3. The molecule has 2 N–H and O–H groups in total. The van der Waals surface area contributed by atoms with E-state index in [-0.39, 0.29) is 5.56 Å². The Morgan fingerprint density at radius 1 is 1.21 bits per heavy atom. The van der Waals surface area contributed by atoms with Gasteiger partial charge in [-0.25, -0.2) is 4.39 Å². The van der Waals surface area contributed by atoms with Crippen LogP contribution < -0.4 is 5.32 Å². The number of carboxylic acid groups (broad SMARTS) is 1. The van der Waals surface area contributed by atoms with Gasteiger partial charge in [-0.1, -0.05) is 12.1 Å². The van der Waals surface area contributed by atoms with Gasteiger partial charge >= 0.3 is 18.1 Å². The predicted octanol–water partition coefficient (Wildman–Crippen LogP) is 2.02. The highest BCUT2D eigenvalue weighted by Crippen LogP contribution is 2.21. The van der Waals surface area contributed by atoms with E-state index in [4.69, 9.17) is 5.11 Å². The molecule has 0 aliphatic carbocycles. The van der Waals surface area contributed by atoms with Crippen molar-refractivity contribution in [3.05, 3.63) is 35.6 Å². The number of aliphatic carboxylic acids is 1. The quantitative estimate of drug-likeness (QED) is 0.829. The summed E-state index contributed by atoms with van der Waals surface area (Å²) < 4.78 is 49.0. The Balaban J connectivity index is 2.92. The van der Waals surface area contributed by atoms with E-state index in [1.54, 1.807) is 5.32 Å². The van der Waals surface area contributed by atoms with Crippen molar-refractivity contribution in [1.29, 1.82) is 0 Å². The summed E-state index contributed by atoms with van der Waals surface area (Å²) in [6.45, 7) is 0. The van der Waals surface area contributed by atoms with Crippen LogP contribution in [0.25, 0.3) is 0 Å². The van der Waals surface area contributed by atoms with Crippen LogP contribution in [-0.2, 0) is 9.59 Å². The lowest BCUT2D eigenvalue weighted by Gasteiger charge is -2.18. The second-order valence-corrected chi connectivity index (χ2v) is 3.67. The van der Waals surface area contributed by atoms with E-state index in [9.17, 15) is 27.2 Å². The second-order valence-electron chi connectivity index (χ2n) is 3.67. The molecule has 4 nitrogen and oxygen atoms in total. The average molecular weight is 279 g/mol. The molecule has 0 spiro atoms. The van der Waals surface area contributed by atoms with Crippen molar-refractivity contribution >= 4 is 11.9 Å². The summed E-state index contributed by atoms with van der Waals surface area (Å²) in [5, 5.41) is 10.2. The van der Waals surface area contributed by atoms with Crippen molar-refractivity contribution < 1.29 is 32.3 Å². The number of carbonyl (C=O) groups is 2. The Hall–Kier alpha value is -2.12. The maximum Gasteiger partial charge on any atom is 0.471 e. The van der Waals surface area contributed by atoms with Crippen LogP contribution >= 0.6 is 0 Å². The largest absolute Gasteiger partial charge is 0.481 e. The van der Waals surface area contributed by atoms with E-state index < -0.39 is 36.3 Å². The molecule has 19 heavy (non-hydrogen) atoms. The Kier molecular flexibility index (Phi) is 4.47. The van der Waals surface area contributed by atoms with Gasteiger partial charge in [0, 0.05) is 0 Å². The summed E-state index contributed by atoms with van der Waals surface area (Å²) in [5.41, 5.74) is 0.0707. The molecule has 0 bridgehead atoms. The van der Waals surface area contributed by atoms with E-state index in [1.807, 2.05) is 0 Å². The molecule has 104 valence electrons. The Morgan fingerprint density at radius 2 is 1.74 bits per heavy atom. The summed E-state index contributed by atoms with van der Waals surface area (Å²) in [5.74, 6) is -4.26. The third-order valence-electron chi connectivity index (χ3n) is 2.21. The Labute approximate surface area is 105 Å². The molecule has 0 radical (unpaired) electrons. The number of hydrogen-bond acceptors (Lipinski definition) is 2. The topological polar surface area (TPSA) is 66.4 Å². The standard InChI is InChI=1S/C11H9F4NO3/c12-7-3-1-6(2-4-7)8(5-9(17)18)16-10(19)11(13,14)15/h1-4,8H,5H2,(H,16,19)(H,17,18)/t8-/m1/s1. The molecule has 0 saturated carbocycles. The first-order valence-corrected chi connectivity index (χ1v) is 5.05. The predicted molar refractivity (Wildman–Crippen MR) is 55.6 cm³/mol. The Bertz CT molecular complexity index is 470. The summed E-state index contributed by atoms with van der Waals surface area (Å²) in [6.07, 6.45) is -5.86. The minimum absolute atomic E-state index is 0.0707. The molecule has 0 aliphatic heterocycles. The van der Waals surface area contributed by atoms with Gasteiger partial charge in [0.1, 0.15) is 5.82 Å². The monoisotopic (exact) mass is 279 g/mol.